The van der Waals surface area contributed by atoms with Crippen molar-refractivity contribution in [2.24, 2.45) is 0 Å². The number of hydrogen-bond acceptors (Lipinski definition) is 4. The number of ether oxygens (including phenoxy) is 2. The Labute approximate surface area is 99.6 Å². The van der Waals surface area contributed by atoms with Gasteiger partial charge in [-0.15, -0.1) is 0 Å². The van der Waals surface area contributed by atoms with Gasteiger partial charge in [-0.2, -0.15) is 0 Å². The highest BCUT2D eigenvalue weighted by Crippen LogP contribution is 2.33. The van der Waals surface area contributed by atoms with Crippen LogP contribution in [0.5, 0.6) is 11.5 Å². The minimum absolute atomic E-state index is 0.388. The summed E-state index contributed by atoms with van der Waals surface area (Å²) in [5.41, 5.74) is 8.28. The maximum Gasteiger partial charge on any atom is 0.197 e. The molecule has 0 unspecified atom stereocenters. The molecular weight excluding hydrogens is 218 g/mol. The van der Waals surface area contributed by atoms with Crippen LogP contribution in [0, 0.1) is 6.92 Å². The number of hydrogen-bond donors (Lipinski definition) is 2. The maximum absolute atomic E-state index is 5.56. The van der Waals surface area contributed by atoms with E-state index in [0.29, 0.717) is 5.95 Å². The smallest absolute Gasteiger partial charge is 0.197 e. The molecule has 5 nitrogen and oxygen atoms in total. The summed E-state index contributed by atoms with van der Waals surface area (Å²) in [6.45, 7) is 1.95. The Morgan fingerprint density at radius 3 is 2.18 bits per heavy atom. The third kappa shape index (κ3) is 2.04. The van der Waals surface area contributed by atoms with Gasteiger partial charge in [-0.05, 0) is 19.1 Å². The van der Waals surface area contributed by atoms with Crippen LogP contribution in [0.25, 0.3) is 11.3 Å². The van der Waals surface area contributed by atoms with Crippen LogP contribution in [0.15, 0.2) is 18.3 Å². The highest BCUT2D eigenvalue weighted by Gasteiger charge is 2.10. The molecule has 0 radical (unpaired) electrons. The molecule has 0 spiro atoms. The van der Waals surface area contributed by atoms with E-state index in [2.05, 4.69) is 9.97 Å². The van der Waals surface area contributed by atoms with E-state index in [-0.39, 0.29) is 0 Å². The number of aromatic amines is 1. The van der Waals surface area contributed by atoms with E-state index in [1.165, 1.54) is 0 Å². The summed E-state index contributed by atoms with van der Waals surface area (Å²) in [4.78, 5) is 6.94. The predicted molar refractivity (Wildman–Crippen MR) is 66.3 cm³/mol. The van der Waals surface area contributed by atoms with Crippen molar-refractivity contribution < 1.29 is 9.47 Å². The fourth-order valence-electron chi connectivity index (χ4n) is 1.72. The number of H-pyrrole nitrogens is 1. The minimum Gasteiger partial charge on any atom is -0.496 e. The number of rotatable bonds is 3. The van der Waals surface area contributed by atoms with Gasteiger partial charge in [0.05, 0.1) is 26.1 Å². The van der Waals surface area contributed by atoms with Gasteiger partial charge in [0.1, 0.15) is 11.5 Å². The molecule has 0 fully saturated rings. The Hall–Kier alpha value is -2.17. The maximum atomic E-state index is 5.56. The third-order valence-electron chi connectivity index (χ3n) is 2.66. The van der Waals surface area contributed by atoms with Gasteiger partial charge in [-0.3, -0.25) is 0 Å². The highest BCUT2D eigenvalue weighted by molar-refractivity contribution is 5.66. The van der Waals surface area contributed by atoms with Crippen molar-refractivity contribution in [1.82, 2.24) is 9.97 Å². The lowest BCUT2D eigenvalue weighted by Crippen LogP contribution is -1.94. The first-order valence-electron chi connectivity index (χ1n) is 5.19. The topological polar surface area (TPSA) is 73.2 Å². The molecule has 0 atom stereocenters. The molecule has 0 bridgehead atoms. The third-order valence-corrected chi connectivity index (χ3v) is 2.66. The van der Waals surface area contributed by atoms with E-state index in [4.69, 9.17) is 15.2 Å². The number of aromatic nitrogens is 2. The van der Waals surface area contributed by atoms with Gasteiger partial charge in [0, 0.05) is 11.1 Å². The molecule has 1 heterocycles. The molecule has 2 rings (SSSR count). The van der Waals surface area contributed by atoms with E-state index >= 15 is 0 Å². The fraction of sp³-hybridized carbons (Fsp3) is 0.250. The van der Waals surface area contributed by atoms with Crippen LogP contribution in [0.3, 0.4) is 0 Å². The molecule has 90 valence electrons. The SMILES string of the molecule is COc1cc(-c2cnc(N)[nH]2)cc(OC)c1C. The molecule has 0 saturated heterocycles. The molecule has 17 heavy (non-hydrogen) atoms. The first kappa shape index (κ1) is 11.3. The Balaban J connectivity index is 2.55. The Bertz CT molecular complexity index is 509. The Morgan fingerprint density at radius 1 is 1.18 bits per heavy atom. The summed E-state index contributed by atoms with van der Waals surface area (Å²) in [6, 6.07) is 3.84. The number of methoxy groups -OCH3 is 2. The van der Waals surface area contributed by atoms with Crippen LogP contribution in [0.2, 0.25) is 0 Å². The standard InChI is InChI=1S/C12H15N3O2/c1-7-10(16-2)4-8(5-11(7)17-3)9-6-14-12(13)15-9/h4-6H,1-3H3,(H3,13,14,15). The predicted octanol–water partition coefficient (Wildman–Crippen LogP) is 1.98. The van der Waals surface area contributed by atoms with Crippen LogP contribution in [0.4, 0.5) is 5.95 Å². The number of nitrogens with one attached hydrogen (secondary N) is 1. The Kier molecular flexibility index (Phi) is 2.91. The van der Waals surface area contributed by atoms with Gasteiger partial charge in [-0.1, -0.05) is 0 Å². The molecule has 0 aliphatic carbocycles. The lowest BCUT2D eigenvalue weighted by molar-refractivity contribution is 0.389. The molecule has 0 saturated carbocycles. The summed E-state index contributed by atoms with van der Waals surface area (Å²) in [5, 5.41) is 0. The second-order valence-electron chi connectivity index (χ2n) is 3.69. The summed E-state index contributed by atoms with van der Waals surface area (Å²) in [7, 11) is 3.26. The van der Waals surface area contributed by atoms with E-state index in [1.807, 2.05) is 19.1 Å². The zero-order valence-electron chi connectivity index (χ0n) is 10.1. The summed E-state index contributed by atoms with van der Waals surface area (Å²) in [5.74, 6) is 1.93. The first-order chi connectivity index (χ1) is 8.15. The van der Waals surface area contributed by atoms with Gasteiger partial charge >= 0.3 is 0 Å². The number of nitrogens with two attached hydrogens (primary N) is 1. The molecular formula is C12H15N3O2. The number of benzene rings is 1. The van der Waals surface area contributed by atoms with Gasteiger partial charge < -0.3 is 20.2 Å². The zero-order chi connectivity index (χ0) is 12.4. The zero-order valence-corrected chi connectivity index (χ0v) is 10.1. The molecule has 2 aromatic rings. The van der Waals surface area contributed by atoms with Crippen LogP contribution >= 0.6 is 0 Å². The van der Waals surface area contributed by atoms with Crippen LogP contribution in [-0.4, -0.2) is 24.2 Å². The second kappa shape index (κ2) is 4.37. The van der Waals surface area contributed by atoms with Gasteiger partial charge in [0.25, 0.3) is 0 Å². The summed E-state index contributed by atoms with van der Waals surface area (Å²) >= 11 is 0. The van der Waals surface area contributed by atoms with Crippen molar-refractivity contribution in [3.05, 3.63) is 23.9 Å². The fourth-order valence-corrected chi connectivity index (χ4v) is 1.72. The van der Waals surface area contributed by atoms with E-state index in [0.717, 1.165) is 28.3 Å². The lowest BCUT2D eigenvalue weighted by Gasteiger charge is -2.11. The van der Waals surface area contributed by atoms with Crippen LogP contribution in [0.1, 0.15) is 5.56 Å². The van der Waals surface area contributed by atoms with Gasteiger partial charge in [0.2, 0.25) is 0 Å². The van der Waals surface area contributed by atoms with Crippen molar-refractivity contribution in [2.45, 2.75) is 6.92 Å². The molecule has 0 aliphatic rings. The number of nitrogen functional groups attached to an aromatic ring is 1. The summed E-state index contributed by atoms with van der Waals surface area (Å²) in [6.07, 6.45) is 1.68. The highest BCUT2D eigenvalue weighted by atomic mass is 16.5. The number of imidazole rings is 1. The van der Waals surface area contributed by atoms with E-state index in [1.54, 1.807) is 20.4 Å². The van der Waals surface area contributed by atoms with Crippen molar-refractivity contribution in [2.75, 3.05) is 20.0 Å². The average molecular weight is 233 g/mol. The monoisotopic (exact) mass is 233 g/mol. The van der Waals surface area contributed by atoms with Crippen molar-refractivity contribution in [1.29, 1.82) is 0 Å². The molecule has 3 N–H and O–H groups in total. The van der Waals surface area contributed by atoms with Gasteiger partial charge in [0.15, 0.2) is 5.95 Å². The second-order valence-corrected chi connectivity index (χ2v) is 3.69. The number of nitrogens with zero attached hydrogens (tertiary/aromatic N) is 1. The molecule has 0 amide bonds. The molecule has 0 aliphatic heterocycles. The van der Waals surface area contributed by atoms with Crippen LogP contribution in [-0.2, 0) is 0 Å². The molecule has 5 heteroatoms. The van der Waals surface area contributed by atoms with Crippen molar-refractivity contribution >= 4 is 5.95 Å². The van der Waals surface area contributed by atoms with Crippen molar-refractivity contribution in [3.8, 4) is 22.8 Å². The van der Waals surface area contributed by atoms with Crippen LogP contribution < -0.4 is 15.2 Å². The van der Waals surface area contributed by atoms with E-state index in [9.17, 15) is 0 Å². The average Bonchev–Trinajstić information content (AvgIpc) is 2.76. The lowest BCUT2D eigenvalue weighted by atomic mass is 10.1. The minimum atomic E-state index is 0.388. The normalized spacial score (nSPS) is 10.3. The first-order valence-corrected chi connectivity index (χ1v) is 5.19. The quantitative estimate of drug-likeness (QED) is 0.850. The molecule has 1 aromatic heterocycles. The van der Waals surface area contributed by atoms with Crippen molar-refractivity contribution in [3.63, 3.8) is 0 Å². The Morgan fingerprint density at radius 2 is 1.76 bits per heavy atom. The molecule has 1 aromatic carbocycles. The summed E-state index contributed by atoms with van der Waals surface area (Å²) < 4.78 is 10.6. The van der Waals surface area contributed by atoms with Gasteiger partial charge in [-0.25, -0.2) is 4.98 Å². The number of anilines is 1. The largest absolute Gasteiger partial charge is 0.496 e. The van der Waals surface area contributed by atoms with E-state index < -0.39 is 0 Å².